The van der Waals surface area contributed by atoms with E-state index in [0.717, 1.165) is 35.6 Å². The summed E-state index contributed by atoms with van der Waals surface area (Å²) < 4.78 is 26.3. The lowest BCUT2D eigenvalue weighted by atomic mass is 9.92. The smallest absolute Gasteiger partial charge is 0.375 e. The van der Waals surface area contributed by atoms with E-state index < -0.39 is 11.8 Å². The first-order valence-corrected chi connectivity index (χ1v) is 15.1. The number of carbonyl (C=O) groups excluding carboxylic acids is 3. The molecule has 1 fully saturated rings. The Balaban J connectivity index is 0.000000241. The number of cyclic esters (lactones) is 1. The number of aryl methyl sites for hydroxylation is 1. The number of benzene rings is 2. The molecule has 1 saturated heterocycles. The van der Waals surface area contributed by atoms with Crippen LogP contribution in [-0.2, 0) is 25.5 Å². The summed E-state index contributed by atoms with van der Waals surface area (Å²) in [5.74, 6) is 2.22. The number of Topliss-reactive ketones (excluding diaryl/α,β-unsaturated/α-hetero) is 1. The number of esters is 2. The molecule has 0 unspecified atom stereocenters. The van der Waals surface area contributed by atoms with Crippen molar-refractivity contribution in [1.29, 1.82) is 0 Å². The van der Waals surface area contributed by atoms with Gasteiger partial charge in [0.05, 0.1) is 18.9 Å². The first kappa shape index (κ1) is 31.7. The number of thioether (sulfide) groups is 1. The lowest BCUT2D eigenvalue weighted by Crippen LogP contribution is -2.51. The molecule has 0 bridgehead atoms. The Hall–Kier alpha value is -3.28. The molecule has 3 aliphatic heterocycles. The largest absolute Gasteiger partial charge is 0.496 e. The number of likely N-dealkylation sites (N-methyl/N-ethyl adjacent to an activating group) is 1. The van der Waals surface area contributed by atoms with Gasteiger partial charge < -0.3 is 28.6 Å². The zero-order valence-corrected chi connectivity index (χ0v) is 26.2. The predicted molar refractivity (Wildman–Crippen MR) is 160 cm³/mol. The number of hydrogen-bond donors (Lipinski definition) is 0. The fourth-order valence-electron chi connectivity index (χ4n) is 5.70. The molecule has 0 radical (unpaired) electrons. The lowest BCUT2D eigenvalue weighted by molar-refractivity contribution is -0.154. The molecule has 5 rings (SSSR count). The van der Waals surface area contributed by atoms with Crippen LogP contribution >= 0.6 is 11.8 Å². The zero-order chi connectivity index (χ0) is 30.6. The second-order valence-electron chi connectivity index (χ2n) is 10.9. The molecular formula is C31H40N2O8S. The first-order chi connectivity index (χ1) is 20.0. The molecule has 3 heterocycles. The summed E-state index contributed by atoms with van der Waals surface area (Å²) in [4.78, 5) is 39.3. The fraction of sp³-hybridized carbons (Fsp3) is 0.516. The van der Waals surface area contributed by atoms with Gasteiger partial charge in [-0.05, 0) is 76.2 Å². The van der Waals surface area contributed by atoms with Gasteiger partial charge in [-0.25, -0.2) is 4.79 Å². The third kappa shape index (κ3) is 7.02. The van der Waals surface area contributed by atoms with Gasteiger partial charge in [-0.15, -0.1) is 0 Å². The van der Waals surface area contributed by atoms with Crippen molar-refractivity contribution >= 4 is 29.5 Å². The van der Waals surface area contributed by atoms with Crippen LogP contribution in [0.2, 0.25) is 0 Å². The van der Waals surface area contributed by atoms with Crippen LogP contribution in [0.4, 0.5) is 0 Å². The van der Waals surface area contributed by atoms with Crippen LogP contribution in [-0.4, -0.2) is 92.3 Å². The molecule has 0 N–H and O–H groups in total. The predicted octanol–water partition coefficient (Wildman–Crippen LogP) is 3.73. The second kappa shape index (κ2) is 13.8. The third-order valence-corrected chi connectivity index (χ3v) is 8.77. The van der Waals surface area contributed by atoms with E-state index in [2.05, 4.69) is 49.9 Å². The standard InChI is InChI=1S/C21H30N2O4S.C10H10O4/c1-13-8-15-6-7-23-14(2)10-27-21(25)18(24)12-28-11-17(23)20(22(3)4)16(15)9-19(13)26-5;1-6-8(14-7(2)11)3-4-9-10(6)13-5-12-9/h8-9,14,17,20H,6-7,10-12H2,1-5H3;3-4H,5H2,1-2H3/t14-,17+,20-;/m1./s1. The molecule has 11 heteroatoms. The van der Waals surface area contributed by atoms with Crippen LogP contribution in [0.15, 0.2) is 24.3 Å². The van der Waals surface area contributed by atoms with E-state index in [1.54, 1.807) is 19.2 Å². The Kier molecular flexibility index (Phi) is 10.4. The molecular weight excluding hydrogens is 560 g/mol. The van der Waals surface area contributed by atoms with Gasteiger partial charge in [-0.3, -0.25) is 14.5 Å². The van der Waals surface area contributed by atoms with E-state index in [-0.39, 0.29) is 43.2 Å². The van der Waals surface area contributed by atoms with Crippen LogP contribution in [0.5, 0.6) is 23.0 Å². The SMILES string of the molecule is CC(=O)Oc1ccc2c(c1C)OCO2.COc1cc2c(cc1C)CCN1[C@H](C)COC(=O)C(=O)CSC[C@H]1[C@@H]2N(C)C. The number of hydrogen-bond acceptors (Lipinski definition) is 11. The third-order valence-electron chi connectivity index (χ3n) is 7.72. The Morgan fingerprint density at radius 3 is 2.55 bits per heavy atom. The summed E-state index contributed by atoms with van der Waals surface area (Å²) in [7, 11) is 5.91. The highest BCUT2D eigenvalue weighted by molar-refractivity contribution is 8.00. The van der Waals surface area contributed by atoms with E-state index in [0.29, 0.717) is 17.2 Å². The molecule has 0 amide bonds. The summed E-state index contributed by atoms with van der Waals surface area (Å²) in [6.07, 6.45) is 0.933. The summed E-state index contributed by atoms with van der Waals surface area (Å²) in [6, 6.07) is 8.25. The highest BCUT2D eigenvalue weighted by Crippen LogP contribution is 2.40. The normalized spacial score (nSPS) is 22.1. The second-order valence-corrected chi connectivity index (χ2v) is 11.9. The van der Waals surface area contributed by atoms with Crippen LogP contribution in [0.1, 0.15) is 42.1 Å². The van der Waals surface area contributed by atoms with Gasteiger partial charge in [0.1, 0.15) is 18.1 Å². The molecule has 0 saturated carbocycles. The van der Waals surface area contributed by atoms with Gasteiger partial charge in [-0.1, -0.05) is 6.07 Å². The van der Waals surface area contributed by atoms with Gasteiger partial charge in [0.15, 0.2) is 11.5 Å². The van der Waals surface area contributed by atoms with Gasteiger partial charge in [0, 0.05) is 36.9 Å². The lowest BCUT2D eigenvalue weighted by Gasteiger charge is -2.41. The number of ether oxygens (including phenoxy) is 5. The maximum absolute atomic E-state index is 12.0. The molecule has 42 heavy (non-hydrogen) atoms. The Morgan fingerprint density at radius 1 is 1.10 bits per heavy atom. The quantitative estimate of drug-likeness (QED) is 0.293. The van der Waals surface area contributed by atoms with Gasteiger partial charge in [-0.2, -0.15) is 11.8 Å². The molecule has 0 aromatic heterocycles. The van der Waals surface area contributed by atoms with Crippen LogP contribution in [0.25, 0.3) is 0 Å². The Bertz CT molecular complexity index is 1330. The minimum Gasteiger partial charge on any atom is -0.496 e. The van der Waals surface area contributed by atoms with Crippen LogP contribution < -0.4 is 18.9 Å². The maximum atomic E-state index is 12.0. The molecule has 3 aliphatic rings. The number of nitrogens with zero attached hydrogens (tertiary/aromatic N) is 2. The highest BCUT2D eigenvalue weighted by Gasteiger charge is 2.38. The van der Waals surface area contributed by atoms with E-state index in [1.807, 2.05) is 6.92 Å². The van der Waals surface area contributed by atoms with E-state index in [4.69, 9.17) is 23.7 Å². The minimum atomic E-state index is -0.708. The number of carbonyl (C=O) groups is 3. The van der Waals surface area contributed by atoms with Crippen LogP contribution in [0, 0.1) is 13.8 Å². The molecule has 3 atom stereocenters. The zero-order valence-electron chi connectivity index (χ0n) is 25.4. The average molecular weight is 601 g/mol. The first-order valence-electron chi connectivity index (χ1n) is 14.0. The van der Waals surface area contributed by atoms with Crippen molar-refractivity contribution in [2.75, 3.05) is 52.7 Å². The summed E-state index contributed by atoms with van der Waals surface area (Å²) in [5.41, 5.74) is 4.55. The van der Waals surface area contributed by atoms with Crippen molar-refractivity contribution in [2.45, 2.75) is 52.2 Å². The van der Waals surface area contributed by atoms with E-state index in [9.17, 15) is 14.4 Å². The number of rotatable bonds is 3. The molecule has 0 spiro atoms. The maximum Gasteiger partial charge on any atom is 0.375 e. The van der Waals surface area contributed by atoms with E-state index in [1.165, 1.54) is 29.8 Å². The monoisotopic (exact) mass is 600 g/mol. The number of ketones is 1. The van der Waals surface area contributed by atoms with Crippen molar-refractivity contribution in [3.63, 3.8) is 0 Å². The average Bonchev–Trinajstić information content (AvgIpc) is 3.37. The molecule has 228 valence electrons. The van der Waals surface area contributed by atoms with Crippen molar-refractivity contribution in [2.24, 2.45) is 0 Å². The van der Waals surface area contributed by atoms with Crippen molar-refractivity contribution in [3.8, 4) is 23.0 Å². The van der Waals surface area contributed by atoms with Gasteiger partial charge >= 0.3 is 11.9 Å². The summed E-state index contributed by atoms with van der Waals surface area (Å²) in [6.45, 7) is 8.70. The van der Waals surface area contributed by atoms with Crippen molar-refractivity contribution < 1.29 is 38.1 Å². The highest BCUT2D eigenvalue weighted by atomic mass is 32.2. The molecule has 2 aromatic rings. The molecule has 2 aromatic carbocycles. The summed E-state index contributed by atoms with van der Waals surface area (Å²) >= 11 is 1.52. The van der Waals surface area contributed by atoms with Gasteiger partial charge in [0.2, 0.25) is 12.6 Å². The molecule has 10 nitrogen and oxygen atoms in total. The number of fused-ring (bicyclic) bond motifs is 3. The van der Waals surface area contributed by atoms with Crippen molar-refractivity contribution in [1.82, 2.24) is 9.80 Å². The van der Waals surface area contributed by atoms with E-state index >= 15 is 0 Å². The summed E-state index contributed by atoms with van der Waals surface area (Å²) in [5, 5.41) is 0. The fourth-order valence-corrected chi connectivity index (χ4v) is 6.74. The number of methoxy groups -OCH3 is 1. The Labute approximate surface area is 251 Å². The Morgan fingerprint density at radius 2 is 1.86 bits per heavy atom. The molecule has 0 aliphatic carbocycles. The van der Waals surface area contributed by atoms with Crippen LogP contribution in [0.3, 0.4) is 0 Å². The van der Waals surface area contributed by atoms with Gasteiger partial charge in [0.25, 0.3) is 0 Å². The topological polar surface area (TPSA) is 104 Å². The van der Waals surface area contributed by atoms with Crippen molar-refractivity contribution in [3.05, 3.63) is 46.5 Å². The minimum absolute atomic E-state index is 0.0419.